The van der Waals surface area contributed by atoms with E-state index in [2.05, 4.69) is 15.5 Å². The monoisotopic (exact) mass is 269 g/mol. The quantitative estimate of drug-likeness (QED) is 0.785. The minimum atomic E-state index is -0.341. The molecule has 0 unspecified atom stereocenters. The predicted molar refractivity (Wildman–Crippen MR) is 69.6 cm³/mol. The van der Waals surface area contributed by atoms with Crippen molar-refractivity contribution in [1.82, 2.24) is 15.5 Å². The number of carbonyl (C=O) groups is 1. The highest BCUT2D eigenvalue weighted by Crippen LogP contribution is 2.19. The topological polar surface area (TPSA) is 81.2 Å². The van der Waals surface area contributed by atoms with Gasteiger partial charge in [0.1, 0.15) is 5.69 Å². The minimum Gasteiger partial charge on any atom is -0.438 e. The Morgan fingerprint density at radius 1 is 1.25 bits per heavy atom. The smallest absolute Gasteiger partial charge is 0.289 e. The van der Waals surface area contributed by atoms with Crippen molar-refractivity contribution in [2.75, 3.05) is 0 Å². The molecular weight excluding hydrogens is 258 g/mol. The third kappa shape index (κ3) is 2.59. The van der Waals surface area contributed by atoms with Gasteiger partial charge < -0.3 is 14.3 Å². The highest BCUT2D eigenvalue weighted by molar-refractivity contribution is 5.90. The number of amides is 1. The largest absolute Gasteiger partial charge is 0.438 e. The molecule has 6 heteroatoms. The lowest BCUT2D eigenvalue weighted by Crippen LogP contribution is -2.22. The summed E-state index contributed by atoms with van der Waals surface area (Å²) in [5.74, 6) is 0.484. The van der Waals surface area contributed by atoms with Crippen LogP contribution in [0.2, 0.25) is 0 Å². The van der Waals surface area contributed by atoms with Crippen molar-refractivity contribution in [3.63, 3.8) is 0 Å². The first-order valence-electron chi connectivity index (χ1n) is 6.00. The molecule has 2 heterocycles. The number of oxazole rings is 1. The van der Waals surface area contributed by atoms with Crippen LogP contribution in [0.3, 0.4) is 0 Å². The molecule has 2 aromatic heterocycles. The molecule has 0 saturated carbocycles. The Labute approximate surface area is 114 Å². The van der Waals surface area contributed by atoms with Crippen molar-refractivity contribution >= 4 is 5.91 Å². The zero-order valence-electron chi connectivity index (χ0n) is 10.4. The number of aromatic nitrogens is 2. The van der Waals surface area contributed by atoms with E-state index in [9.17, 15) is 4.79 Å². The predicted octanol–water partition coefficient (Wildman–Crippen LogP) is 2.26. The summed E-state index contributed by atoms with van der Waals surface area (Å²) in [5, 5.41) is 6.58. The second-order valence-electron chi connectivity index (χ2n) is 4.10. The van der Waals surface area contributed by atoms with Crippen LogP contribution in [0, 0.1) is 0 Å². The maximum atomic E-state index is 11.7. The van der Waals surface area contributed by atoms with Crippen LogP contribution < -0.4 is 5.32 Å². The Kier molecular flexibility index (Phi) is 3.28. The van der Waals surface area contributed by atoms with Crippen LogP contribution in [0.4, 0.5) is 0 Å². The summed E-state index contributed by atoms with van der Waals surface area (Å²) < 4.78 is 10.1. The number of carbonyl (C=O) groups excluding carboxylic acids is 1. The molecular formula is C14H11N3O3. The fourth-order valence-electron chi connectivity index (χ4n) is 1.72. The fraction of sp³-hybridized carbons (Fsp3) is 0.0714. The number of nitrogens with zero attached hydrogens (tertiary/aromatic N) is 2. The molecule has 3 rings (SSSR count). The van der Waals surface area contributed by atoms with E-state index in [1.54, 1.807) is 6.07 Å². The lowest BCUT2D eigenvalue weighted by Gasteiger charge is -1.97. The first-order chi connectivity index (χ1) is 9.83. The molecule has 1 amide bonds. The Morgan fingerprint density at radius 3 is 2.85 bits per heavy atom. The molecule has 0 atom stereocenters. The molecule has 0 spiro atoms. The summed E-state index contributed by atoms with van der Waals surface area (Å²) in [7, 11) is 0. The van der Waals surface area contributed by atoms with Crippen LogP contribution in [0.1, 0.15) is 16.2 Å². The van der Waals surface area contributed by atoms with Gasteiger partial charge in [0.05, 0.1) is 12.7 Å². The van der Waals surface area contributed by atoms with Gasteiger partial charge in [-0.25, -0.2) is 4.98 Å². The molecule has 0 aliphatic carbocycles. The zero-order chi connectivity index (χ0) is 13.8. The first kappa shape index (κ1) is 12.2. The summed E-state index contributed by atoms with van der Waals surface area (Å²) in [6.07, 6.45) is 2.56. The lowest BCUT2D eigenvalue weighted by molar-refractivity contribution is 0.0922. The van der Waals surface area contributed by atoms with Gasteiger partial charge in [-0.15, -0.1) is 0 Å². The minimum absolute atomic E-state index is 0.164. The molecule has 20 heavy (non-hydrogen) atoms. The summed E-state index contributed by atoms with van der Waals surface area (Å²) >= 11 is 0. The van der Waals surface area contributed by atoms with Crippen molar-refractivity contribution in [2.24, 2.45) is 0 Å². The van der Waals surface area contributed by atoms with Crippen molar-refractivity contribution in [2.45, 2.75) is 6.54 Å². The molecule has 0 saturated heterocycles. The van der Waals surface area contributed by atoms with Crippen LogP contribution in [0.5, 0.6) is 0 Å². The van der Waals surface area contributed by atoms with E-state index in [4.69, 9.17) is 8.94 Å². The first-order valence-corrected chi connectivity index (χ1v) is 6.00. The molecule has 1 aromatic carbocycles. The van der Waals surface area contributed by atoms with Gasteiger partial charge in [0.25, 0.3) is 5.91 Å². The number of rotatable bonds is 4. The van der Waals surface area contributed by atoms with Crippen molar-refractivity contribution in [3.8, 4) is 11.3 Å². The van der Waals surface area contributed by atoms with Gasteiger partial charge in [-0.3, -0.25) is 4.79 Å². The molecule has 0 radical (unpaired) electrons. The second kappa shape index (κ2) is 5.40. The standard InChI is InChI=1S/C14H11N3O3/c18-14(13-8-15-9-19-13)16-7-11-6-12(20-17-11)10-4-2-1-3-5-10/h1-6,8-9H,7H2,(H,16,18). The molecule has 0 aliphatic rings. The average molecular weight is 269 g/mol. The van der Waals surface area contributed by atoms with E-state index in [1.165, 1.54) is 12.6 Å². The maximum absolute atomic E-state index is 11.7. The van der Waals surface area contributed by atoms with Gasteiger partial charge >= 0.3 is 0 Å². The Bertz CT molecular complexity index is 690. The van der Waals surface area contributed by atoms with Crippen molar-refractivity contribution in [1.29, 1.82) is 0 Å². The highest BCUT2D eigenvalue weighted by atomic mass is 16.5. The van der Waals surface area contributed by atoms with E-state index in [1.807, 2.05) is 30.3 Å². The summed E-state index contributed by atoms with van der Waals surface area (Å²) in [5.41, 5.74) is 1.57. The molecule has 0 fully saturated rings. The Morgan fingerprint density at radius 2 is 2.10 bits per heavy atom. The van der Waals surface area contributed by atoms with Gasteiger partial charge in [-0.05, 0) is 0 Å². The van der Waals surface area contributed by atoms with Crippen molar-refractivity contribution < 1.29 is 13.7 Å². The average Bonchev–Trinajstić information content (AvgIpc) is 3.17. The Balaban J connectivity index is 1.65. The van der Waals surface area contributed by atoms with Gasteiger partial charge in [-0.2, -0.15) is 0 Å². The van der Waals surface area contributed by atoms with E-state index in [0.717, 1.165) is 5.56 Å². The summed E-state index contributed by atoms with van der Waals surface area (Å²) in [4.78, 5) is 15.3. The van der Waals surface area contributed by atoms with Crippen LogP contribution in [0.15, 0.2) is 57.9 Å². The molecule has 0 bridgehead atoms. The van der Waals surface area contributed by atoms with Gasteiger partial charge in [0, 0.05) is 11.6 Å². The highest BCUT2D eigenvalue weighted by Gasteiger charge is 2.11. The number of nitrogens with one attached hydrogen (secondary N) is 1. The van der Waals surface area contributed by atoms with Gasteiger partial charge in [0.2, 0.25) is 5.76 Å². The molecule has 6 nitrogen and oxygen atoms in total. The van der Waals surface area contributed by atoms with Crippen LogP contribution >= 0.6 is 0 Å². The molecule has 100 valence electrons. The van der Waals surface area contributed by atoms with Crippen LogP contribution in [-0.2, 0) is 6.54 Å². The van der Waals surface area contributed by atoms with E-state index < -0.39 is 0 Å². The second-order valence-corrected chi connectivity index (χ2v) is 4.10. The number of hydrogen-bond donors (Lipinski definition) is 1. The zero-order valence-corrected chi connectivity index (χ0v) is 10.4. The van der Waals surface area contributed by atoms with E-state index >= 15 is 0 Å². The maximum Gasteiger partial charge on any atom is 0.289 e. The number of benzene rings is 1. The van der Waals surface area contributed by atoms with E-state index in [0.29, 0.717) is 11.5 Å². The molecule has 3 aromatic rings. The normalized spacial score (nSPS) is 10.4. The fourth-order valence-corrected chi connectivity index (χ4v) is 1.72. The van der Waals surface area contributed by atoms with Gasteiger partial charge in [-0.1, -0.05) is 35.5 Å². The SMILES string of the molecule is O=C(NCc1cc(-c2ccccc2)on1)c1cnco1. The third-order valence-corrected chi connectivity index (χ3v) is 2.70. The van der Waals surface area contributed by atoms with Crippen LogP contribution in [-0.4, -0.2) is 16.0 Å². The van der Waals surface area contributed by atoms with E-state index in [-0.39, 0.29) is 18.2 Å². The summed E-state index contributed by atoms with van der Waals surface area (Å²) in [6, 6.07) is 11.4. The van der Waals surface area contributed by atoms with Gasteiger partial charge in [0.15, 0.2) is 12.2 Å². The summed E-state index contributed by atoms with van der Waals surface area (Å²) in [6.45, 7) is 0.260. The van der Waals surface area contributed by atoms with Crippen molar-refractivity contribution in [3.05, 3.63) is 60.4 Å². The lowest BCUT2D eigenvalue weighted by atomic mass is 10.2. The van der Waals surface area contributed by atoms with Crippen LogP contribution in [0.25, 0.3) is 11.3 Å². The number of hydrogen-bond acceptors (Lipinski definition) is 5. The molecule has 1 N–H and O–H groups in total. The third-order valence-electron chi connectivity index (χ3n) is 2.70. The molecule has 0 aliphatic heterocycles. The Hall–Kier alpha value is -2.89.